The first-order chi connectivity index (χ1) is 18.2. The lowest BCUT2D eigenvalue weighted by Crippen LogP contribution is -2.35. The number of fused-ring (bicyclic) bond motifs is 1. The van der Waals surface area contributed by atoms with Crippen LogP contribution in [0.4, 0.5) is 0 Å². The van der Waals surface area contributed by atoms with Gasteiger partial charge < -0.3 is 14.2 Å². The van der Waals surface area contributed by atoms with E-state index in [0.717, 1.165) is 21.9 Å². The van der Waals surface area contributed by atoms with E-state index in [-0.39, 0.29) is 11.4 Å². The number of nitrogens with zero attached hydrogens (tertiary/aromatic N) is 3. The van der Waals surface area contributed by atoms with Gasteiger partial charge in [-0.2, -0.15) is 15.1 Å². The summed E-state index contributed by atoms with van der Waals surface area (Å²) >= 11 is 4.90. The summed E-state index contributed by atoms with van der Waals surface area (Å²) in [6.45, 7) is 11.3. The maximum absolute atomic E-state index is 12.7. The lowest BCUT2D eigenvalue weighted by Gasteiger charge is -2.20. The van der Waals surface area contributed by atoms with Crippen LogP contribution in [0.25, 0.3) is 6.08 Å². The Balaban J connectivity index is 1.51. The molecule has 0 radical (unpaired) electrons. The zero-order valence-corrected chi connectivity index (χ0v) is 24.5. The van der Waals surface area contributed by atoms with Crippen molar-refractivity contribution >= 4 is 55.7 Å². The Morgan fingerprint density at radius 1 is 1.11 bits per heavy atom. The number of amidine groups is 2. The number of aliphatic imine (C=N–C) groups is 1. The van der Waals surface area contributed by atoms with Crippen LogP contribution in [0.15, 0.2) is 50.5 Å². The highest BCUT2D eigenvalue weighted by Crippen LogP contribution is 2.38. The molecule has 0 spiro atoms. The van der Waals surface area contributed by atoms with Gasteiger partial charge in [0.05, 0.1) is 16.7 Å². The van der Waals surface area contributed by atoms with Crippen LogP contribution < -0.4 is 14.2 Å². The van der Waals surface area contributed by atoms with Crippen LogP contribution in [-0.4, -0.2) is 46.8 Å². The van der Waals surface area contributed by atoms with E-state index in [1.807, 2.05) is 32.9 Å². The first kappa shape index (κ1) is 27.9. The predicted molar refractivity (Wildman–Crippen MR) is 157 cm³/mol. The molecule has 0 aromatic heterocycles. The number of thioether (sulfide) groups is 1. The summed E-state index contributed by atoms with van der Waals surface area (Å²) in [5.74, 6) is 1.82. The smallest absolute Gasteiger partial charge is 0.283 e. The first-order valence-corrected chi connectivity index (χ1v) is 14.1. The van der Waals surface area contributed by atoms with Crippen molar-refractivity contribution in [1.29, 1.82) is 5.41 Å². The van der Waals surface area contributed by atoms with E-state index in [4.69, 9.17) is 19.6 Å². The monoisotopic (exact) mass is 598 g/mol. The van der Waals surface area contributed by atoms with E-state index in [0.29, 0.717) is 58.9 Å². The zero-order valence-electron chi connectivity index (χ0n) is 22.1. The molecule has 0 bridgehead atoms. The van der Waals surface area contributed by atoms with Crippen LogP contribution in [-0.2, 0) is 4.79 Å². The minimum atomic E-state index is -0.468. The molecule has 0 aliphatic carbocycles. The second-order valence-electron chi connectivity index (χ2n) is 9.02. The minimum absolute atomic E-state index is 0.000534. The maximum atomic E-state index is 12.7. The molecule has 38 heavy (non-hydrogen) atoms. The lowest BCUT2D eigenvalue weighted by atomic mass is 10.0. The third kappa shape index (κ3) is 6.13. The van der Waals surface area contributed by atoms with Gasteiger partial charge in [0, 0.05) is 0 Å². The van der Waals surface area contributed by atoms with Crippen molar-refractivity contribution in [3.8, 4) is 17.2 Å². The number of benzene rings is 2. The molecule has 0 saturated heterocycles. The molecule has 2 aliphatic rings. The molecule has 2 aromatic carbocycles. The van der Waals surface area contributed by atoms with Gasteiger partial charge in [0.25, 0.3) is 5.91 Å². The Bertz CT molecular complexity index is 1350. The molecule has 1 amide bonds. The SMILES string of the molecule is CCOc1cc(/C=C2\C(=N)N3N=C(CC)SC3=NC2=O)cc(Br)c1OCCOc1cc(C)ccc1C(C)C. The first-order valence-electron chi connectivity index (χ1n) is 12.5. The number of ether oxygens (including phenoxy) is 3. The van der Waals surface area contributed by atoms with Crippen molar-refractivity contribution in [3.63, 3.8) is 0 Å². The fourth-order valence-electron chi connectivity index (χ4n) is 3.95. The second kappa shape index (κ2) is 12.2. The van der Waals surface area contributed by atoms with Crippen molar-refractivity contribution in [2.24, 2.45) is 10.1 Å². The van der Waals surface area contributed by atoms with Gasteiger partial charge in [-0.1, -0.05) is 32.9 Å². The van der Waals surface area contributed by atoms with Gasteiger partial charge in [-0.3, -0.25) is 10.2 Å². The molecule has 0 atom stereocenters. The van der Waals surface area contributed by atoms with Crippen molar-refractivity contribution in [2.75, 3.05) is 19.8 Å². The van der Waals surface area contributed by atoms with Gasteiger partial charge in [-0.25, -0.2) is 0 Å². The van der Waals surface area contributed by atoms with Crippen LogP contribution >= 0.6 is 27.7 Å². The molecule has 0 saturated carbocycles. The molecule has 2 heterocycles. The topological polar surface area (TPSA) is 96.6 Å². The molecular weight excluding hydrogens is 568 g/mol. The van der Waals surface area contributed by atoms with E-state index >= 15 is 0 Å². The van der Waals surface area contributed by atoms with E-state index in [2.05, 4.69) is 52.0 Å². The number of hydrogen-bond acceptors (Lipinski definition) is 7. The Kier molecular flexibility index (Phi) is 8.94. The highest BCUT2D eigenvalue weighted by molar-refractivity contribution is 9.10. The second-order valence-corrected chi connectivity index (χ2v) is 10.9. The standard InChI is InChI=1S/C28H31BrN4O4S/c1-6-24-32-33-26(30)20(27(34)31-28(33)38-24)13-18-14-21(29)25(23(15-18)35-7-2)37-11-10-36-22-12-17(5)8-9-19(22)16(3)4/h8-9,12-16,30H,6-7,10-11H2,1-5H3/b20-13+,30-26?. The molecule has 0 fully saturated rings. The predicted octanol–water partition coefficient (Wildman–Crippen LogP) is 6.77. The number of nitrogens with one attached hydrogen (secondary N) is 1. The van der Waals surface area contributed by atoms with E-state index in [1.165, 1.54) is 16.8 Å². The number of amides is 1. The van der Waals surface area contributed by atoms with Gasteiger partial charge in [-0.05, 0) is 94.8 Å². The molecule has 1 N–H and O–H groups in total. The van der Waals surface area contributed by atoms with Crippen molar-refractivity contribution in [3.05, 3.63) is 57.1 Å². The normalized spacial score (nSPS) is 16.1. The van der Waals surface area contributed by atoms with Crippen molar-refractivity contribution in [2.45, 2.75) is 47.0 Å². The number of aryl methyl sites for hydroxylation is 1. The fourth-order valence-corrected chi connectivity index (χ4v) is 5.35. The minimum Gasteiger partial charge on any atom is -0.490 e. The molecule has 4 rings (SSSR count). The summed E-state index contributed by atoms with van der Waals surface area (Å²) in [4.78, 5) is 16.8. The van der Waals surface area contributed by atoms with Gasteiger partial charge >= 0.3 is 0 Å². The van der Waals surface area contributed by atoms with E-state index in [9.17, 15) is 4.79 Å². The van der Waals surface area contributed by atoms with Crippen LogP contribution in [0.2, 0.25) is 0 Å². The van der Waals surface area contributed by atoms with Gasteiger partial charge in [-0.15, -0.1) is 0 Å². The highest BCUT2D eigenvalue weighted by Gasteiger charge is 2.35. The van der Waals surface area contributed by atoms with E-state index < -0.39 is 5.91 Å². The summed E-state index contributed by atoms with van der Waals surface area (Å²) in [6, 6.07) is 9.85. The number of carbonyl (C=O) groups excluding carboxylic acids is 1. The van der Waals surface area contributed by atoms with Crippen LogP contribution in [0.1, 0.15) is 56.7 Å². The third-order valence-electron chi connectivity index (χ3n) is 5.82. The largest absolute Gasteiger partial charge is 0.490 e. The number of rotatable bonds is 10. The van der Waals surface area contributed by atoms with Crippen molar-refractivity contribution in [1.82, 2.24) is 5.01 Å². The molecule has 10 heteroatoms. The Labute approximate surface area is 235 Å². The van der Waals surface area contributed by atoms with Crippen LogP contribution in [0, 0.1) is 12.3 Å². The number of carbonyl (C=O) groups is 1. The van der Waals surface area contributed by atoms with Gasteiger partial charge in [0.15, 0.2) is 17.3 Å². The van der Waals surface area contributed by atoms with E-state index in [1.54, 1.807) is 12.1 Å². The molecule has 8 nitrogen and oxygen atoms in total. The molecular formula is C28H31BrN4O4S. The molecule has 200 valence electrons. The highest BCUT2D eigenvalue weighted by atomic mass is 79.9. The van der Waals surface area contributed by atoms with Crippen molar-refractivity contribution < 1.29 is 19.0 Å². The van der Waals surface area contributed by atoms with Gasteiger partial charge in [0.2, 0.25) is 5.17 Å². The maximum Gasteiger partial charge on any atom is 0.283 e. The average Bonchev–Trinajstić information content (AvgIpc) is 3.29. The number of hydrazone groups is 1. The zero-order chi connectivity index (χ0) is 27.4. The van der Waals surface area contributed by atoms with Gasteiger partial charge in [0.1, 0.15) is 24.0 Å². The molecule has 0 unspecified atom stereocenters. The average molecular weight is 600 g/mol. The number of hydrogen-bond donors (Lipinski definition) is 1. The Morgan fingerprint density at radius 3 is 2.58 bits per heavy atom. The fraction of sp³-hybridized carbons (Fsp3) is 0.357. The Hall–Kier alpha value is -3.11. The lowest BCUT2D eigenvalue weighted by molar-refractivity contribution is -0.114. The quantitative estimate of drug-likeness (QED) is 0.239. The van der Waals surface area contributed by atoms with Crippen LogP contribution in [0.5, 0.6) is 17.2 Å². The molecule has 2 aliphatic heterocycles. The number of halogens is 1. The summed E-state index contributed by atoms with van der Waals surface area (Å²) < 4.78 is 18.6. The Morgan fingerprint density at radius 2 is 1.87 bits per heavy atom. The summed E-state index contributed by atoms with van der Waals surface area (Å²) in [6.07, 6.45) is 2.34. The molecule has 2 aromatic rings. The summed E-state index contributed by atoms with van der Waals surface area (Å²) in [7, 11) is 0. The third-order valence-corrected chi connectivity index (χ3v) is 7.46. The summed E-state index contributed by atoms with van der Waals surface area (Å²) in [5, 5.41) is 15.6. The van der Waals surface area contributed by atoms with Crippen LogP contribution in [0.3, 0.4) is 0 Å². The summed E-state index contributed by atoms with van der Waals surface area (Å²) in [5.41, 5.74) is 3.13.